The molecule has 1 amide bonds. The van der Waals surface area contributed by atoms with Crippen molar-refractivity contribution in [1.29, 1.82) is 0 Å². The molecule has 0 bridgehead atoms. The Morgan fingerprint density at radius 3 is 2.51 bits per heavy atom. The van der Waals surface area contributed by atoms with Gasteiger partial charge in [-0.25, -0.2) is 14.6 Å². The van der Waals surface area contributed by atoms with Crippen molar-refractivity contribution in [1.82, 2.24) is 14.7 Å². The van der Waals surface area contributed by atoms with Crippen LogP contribution >= 0.6 is 0 Å². The summed E-state index contributed by atoms with van der Waals surface area (Å²) in [5, 5.41) is 8.13. The van der Waals surface area contributed by atoms with Crippen LogP contribution < -0.4 is 10.7 Å². The standard InChI is InChI=1S/C29H37N5O5/c1-29(2,3)38-28(36)34(19-18-21-12-7-5-8-13-21)24-17-11-16-23(30-24)20-37-31-25(22-14-9-6-10-15-22)26-32-39-27(35)33(26)4/h6,9-11,14-17,21H,5,7-8,12-13,18-20H2,1-4H3. The summed E-state index contributed by atoms with van der Waals surface area (Å²) in [6.07, 6.45) is 6.66. The van der Waals surface area contributed by atoms with Crippen molar-refractivity contribution in [2.75, 3.05) is 11.4 Å². The van der Waals surface area contributed by atoms with Crippen LogP contribution in [0.15, 0.2) is 63.0 Å². The average Bonchev–Trinajstić information content (AvgIpc) is 3.24. The number of oxime groups is 1. The van der Waals surface area contributed by atoms with Crippen LogP contribution in [0.2, 0.25) is 0 Å². The summed E-state index contributed by atoms with van der Waals surface area (Å²) in [4.78, 5) is 37.0. The number of ether oxygens (including phenoxy) is 1. The van der Waals surface area contributed by atoms with E-state index >= 15 is 0 Å². The lowest BCUT2D eigenvalue weighted by Crippen LogP contribution is -2.38. The fraction of sp³-hybridized carbons (Fsp3) is 0.483. The molecule has 1 aliphatic carbocycles. The van der Waals surface area contributed by atoms with E-state index in [1.165, 1.54) is 36.7 Å². The second-order valence-electron chi connectivity index (χ2n) is 10.8. The van der Waals surface area contributed by atoms with E-state index in [0.717, 1.165) is 6.42 Å². The highest BCUT2D eigenvalue weighted by Gasteiger charge is 2.26. The first-order valence-electron chi connectivity index (χ1n) is 13.5. The normalized spacial score (nSPS) is 14.7. The minimum absolute atomic E-state index is 0.0424. The summed E-state index contributed by atoms with van der Waals surface area (Å²) in [5.74, 6) is 0.756. The van der Waals surface area contributed by atoms with E-state index in [9.17, 15) is 9.59 Å². The van der Waals surface area contributed by atoms with E-state index in [2.05, 4.69) is 10.3 Å². The molecule has 0 N–H and O–H groups in total. The molecule has 4 rings (SSSR count). The van der Waals surface area contributed by atoms with Crippen molar-refractivity contribution in [3.05, 3.63) is 76.2 Å². The first kappa shape index (κ1) is 28.1. The minimum atomic E-state index is -0.620. The molecule has 1 fully saturated rings. The predicted octanol–water partition coefficient (Wildman–Crippen LogP) is 5.45. The summed E-state index contributed by atoms with van der Waals surface area (Å²) >= 11 is 0. The Morgan fingerprint density at radius 1 is 1.10 bits per heavy atom. The summed E-state index contributed by atoms with van der Waals surface area (Å²) in [6.45, 7) is 6.15. The van der Waals surface area contributed by atoms with E-state index in [-0.39, 0.29) is 12.4 Å². The van der Waals surface area contributed by atoms with Crippen molar-refractivity contribution in [2.45, 2.75) is 71.5 Å². The summed E-state index contributed by atoms with van der Waals surface area (Å²) in [5.41, 5.74) is 1.03. The predicted molar refractivity (Wildman–Crippen MR) is 148 cm³/mol. The van der Waals surface area contributed by atoms with Crippen LogP contribution in [-0.4, -0.2) is 38.7 Å². The number of benzene rings is 1. The Bertz CT molecular complexity index is 1320. The fourth-order valence-electron chi connectivity index (χ4n) is 4.58. The SMILES string of the molecule is Cn1c(C(=NOCc2cccc(N(CCC3CCCCC3)C(=O)OC(C)(C)C)n2)c2ccccc2)noc1=O. The molecule has 10 heteroatoms. The highest BCUT2D eigenvalue weighted by atomic mass is 16.6. The number of pyridine rings is 1. The minimum Gasteiger partial charge on any atom is -0.443 e. The van der Waals surface area contributed by atoms with Gasteiger partial charge in [0.05, 0.1) is 5.69 Å². The molecule has 10 nitrogen and oxygen atoms in total. The third-order valence-corrected chi connectivity index (χ3v) is 6.60. The Labute approximate surface area is 228 Å². The van der Waals surface area contributed by atoms with E-state index in [0.29, 0.717) is 35.2 Å². The van der Waals surface area contributed by atoms with Gasteiger partial charge in [0.2, 0.25) is 5.82 Å². The monoisotopic (exact) mass is 535 g/mol. The molecular weight excluding hydrogens is 498 g/mol. The number of amides is 1. The number of carbonyl (C=O) groups is 1. The maximum atomic E-state index is 13.2. The van der Waals surface area contributed by atoms with Crippen molar-refractivity contribution in [3.8, 4) is 0 Å². The van der Waals surface area contributed by atoms with Gasteiger partial charge < -0.3 is 9.57 Å². The first-order chi connectivity index (χ1) is 18.7. The van der Waals surface area contributed by atoms with Crippen LogP contribution in [0.5, 0.6) is 0 Å². The molecule has 208 valence electrons. The zero-order valence-electron chi connectivity index (χ0n) is 23.1. The van der Waals surface area contributed by atoms with Gasteiger partial charge in [-0.3, -0.25) is 14.0 Å². The number of anilines is 1. The Hall–Kier alpha value is -3.95. The Balaban J connectivity index is 1.53. The molecule has 2 aromatic heterocycles. The van der Waals surface area contributed by atoms with Crippen molar-refractivity contribution < 1.29 is 18.9 Å². The third-order valence-electron chi connectivity index (χ3n) is 6.60. The number of aromatic nitrogens is 3. The molecule has 3 aromatic rings. The lowest BCUT2D eigenvalue weighted by Gasteiger charge is -2.29. The van der Waals surface area contributed by atoms with Crippen molar-refractivity contribution >= 4 is 17.6 Å². The molecule has 0 aliphatic heterocycles. The highest BCUT2D eigenvalue weighted by molar-refractivity contribution is 6.10. The molecular formula is C29H37N5O5. The number of hydrogen-bond donors (Lipinski definition) is 0. The van der Waals surface area contributed by atoms with Crippen molar-refractivity contribution in [2.24, 2.45) is 18.1 Å². The summed E-state index contributed by atoms with van der Waals surface area (Å²) in [6, 6.07) is 14.7. The van der Waals surface area contributed by atoms with Crippen LogP contribution in [0, 0.1) is 5.92 Å². The van der Waals surface area contributed by atoms with Gasteiger partial charge in [0.25, 0.3) is 0 Å². The van der Waals surface area contributed by atoms with Crippen LogP contribution in [-0.2, 0) is 23.2 Å². The van der Waals surface area contributed by atoms with Gasteiger partial charge in [0.1, 0.15) is 11.4 Å². The third kappa shape index (κ3) is 7.78. The van der Waals surface area contributed by atoms with E-state index in [1.807, 2.05) is 63.2 Å². The fourth-order valence-corrected chi connectivity index (χ4v) is 4.58. The maximum Gasteiger partial charge on any atom is 0.441 e. The molecule has 1 saturated carbocycles. The van der Waals surface area contributed by atoms with E-state index in [4.69, 9.17) is 19.1 Å². The van der Waals surface area contributed by atoms with E-state index in [1.54, 1.807) is 18.0 Å². The number of nitrogens with zero attached hydrogens (tertiary/aromatic N) is 5. The highest BCUT2D eigenvalue weighted by Crippen LogP contribution is 2.27. The molecule has 39 heavy (non-hydrogen) atoms. The molecule has 1 aromatic carbocycles. The topological polar surface area (TPSA) is 112 Å². The lowest BCUT2D eigenvalue weighted by molar-refractivity contribution is 0.0576. The molecule has 0 saturated heterocycles. The zero-order chi connectivity index (χ0) is 27.8. The maximum absolute atomic E-state index is 13.2. The van der Waals surface area contributed by atoms with Crippen LogP contribution in [0.4, 0.5) is 10.6 Å². The number of carbonyl (C=O) groups excluding carboxylic acids is 1. The smallest absolute Gasteiger partial charge is 0.441 e. The molecule has 0 spiro atoms. The summed E-state index contributed by atoms with van der Waals surface area (Å²) in [7, 11) is 1.55. The Kier molecular flexibility index (Phi) is 9.16. The number of rotatable bonds is 9. The second-order valence-corrected chi connectivity index (χ2v) is 10.8. The molecule has 0 unspecified atom stereocenters. The van der Waals surface area contributed by atoms with Gasteiger partial charge in [0, 0.05) is 19.2 Å². The molecule has 2 heterocycles. The number of hydrogen-bond acceptors (Lipinski definition) is 8. The van der Waals surface area contributed by atoms with E-state index < -0.39 is 17.5 Å². The van der Waals surface area contributed by atoms with Gasteiger partial charge in [-0.1, -0.05) is 78.8 Å². The van der Waals surface area contributed by atoms with Crippen molar-refractivity contribution in [3.63, 3.8) is 0 Å². The van der Waals surface area contributed by atoms with Gasteiger partial charge in [-0.15, -0.1) is 0 Å². The molecule has 0 radical (unpaired) electrons. The quantitative estimate of drug-likeness (QED) is 0.265. The Morgan fingerprint density at radius 2 is 1.85 bits per heavy atom. The lowest BCUT2D eigenvalue weighted by atomic mass is 9.87. The zero-order valence-corrected chi connectivity index (χ0v) is 23.1. The van der Waals surface area contributed by atoms with Crippen LogP contribution in [0.25, 0.3) is 0 Å². The first-order valence-corrected chi connectivity index (χ1v) is 13.5. The second kappa shape index (κ2) is 12.7. The van der Waals surface area contributed by atoms with Crippen LogP contribution in [0.3, 0.4) is 0 Å². The average molecular weight is 536 g/mol. The van der Waals surface area contributed by atoms with Gasteiger partial charge in [0.15, 0.2) is 12.3 Å². The largest absolute Gasteiger partial charge is 0.443 e. The van der Waals surface area contributed by atoms with Gasteiger partial charge in [-0.2, -0.15) is 0 Å². The summed E-state index contributed by atoms with van der Waals surface area (Å²) < 4.78 is 11.8. The molecule has 0 atom stereocenters. The molecule has 1 aliphatic rings. The van der Waals surface area contributed by atoms with Crippen LogP contribution in [0.1, 0.15) is 76.4 Å². The van der Waals surface area contributed by atoms with Gasteiger partial charge in [-0.05, 0) is 45.2 Å². The van der Waals surface area contributed by atoms with Gasteiger partial charge >= 0.3 is 11.8 Å².